The largest absolute Gasteiger partial charge is 0.368 e. The molecule has 1 aliphatic rings. The minimum absolute atomic E-state index is 0.178. The quantitative estimate of drug-likeness (QED) is 0.450. The first-order chi connectivity index (χ1) is 12.3. The van der Waals surface area contributed by atoms with Gasteiger partial charge >= 0.3 is 0 Å². The topological polar surface area (TPSA) is 65.0 Å². The lowest BCUT2D eigenvalue weighted by Crippen LogP contribution is -2.52. The monoisotopic (exact) mass is 400 g/mol. The van der Waals surface area contributed by atoms with Crippen LogP contribution in [0.2, 0.25) is 5.02 Å². The standard InChI is InChI=1S/C18H29ClN4O2S/c1-4-20-18(21-8-5-13-26(3,24)25)23-11-9-22(10-12-23)17-14-16(19)7-6-15(17)2/h6-7,14H,4-5,8-13H2,1-3H3,(H,20,21). The first-order valence-electron chi connectivity index (χ1n) is 9.02. The maximum absolute atomic E-state index is 11.2. The van der Waals surface area contributed by atoms with Crippen LogP contribution in [0, 0.1) is 6.92 Å². The molecule has 8 heteroatoms. The third kappa shape index (κ3) is 6.36. The maximum Gasteiger partial charge on any atom is 0.194 e. The Kier molecular flexibility index (Phi) is 7.58. The number of rotatable bonds is 6. The number of halogens is 1. The van der Waals surface area contributed by atoms with E-state index in [2.05, 4.69) is 33.1 Å². The highest BCUT2D eigenvalue weighted by atomic mass is 35.5. The van der Waals surface area contributed by atoms with Crippen LogP contribution in [-0.4, -0.2) is 70.6 Å². The number of aryl methyl sites for hydroxylation is 1. The van der Waals surface area contributed by atoms with Crippen molar-refractivity contribution in [3.05, 3.63) is 28.8 Å². The molecule has 0 spiro atoms. The molecule has 0 amide bonds. The second kappa shape index (κ2) is 9.46. The molecule has 1 heterocycles. The summed E-state index contributed by atoms with van der Waals surface area (Å²) in [6.07, 6.45) is 1.81. The molecule has 0 aromatic heterocycles. The third-order valence-electron chi connectivity index (χ3n) is 4.36. The number of piperazine rings is 1. The number of nitrogens with one attached hydrogen (secondary N) is 1. The minimum atomic E-state index is -2.93. The molecule has 0 aliphatic carbocycles. The zero-order chi connectivity index (χ0) is 19.2. The predicted molar refractivity (Wildman–Crippen MR) is 110 cm³/mol. The number of nitrogens with zero attached hydrogens (tertiary/aromatic N) is 3. The van der Waals surface area contributed by atoms with Gasteiger partial charge in [-0.05, 0) is 38.0 Å². The average molecular weight is 401 g/mol. The zero-order valence-corrected chi connectivity index (χ0v) is 17.4. The number of aliphatic imine (C=N–C) groups is 1. The summed E-state index contributed by atoms with van der Waals surface area (Å²) in [5.41, 5.74) is 2.41. The lowest BCUT2D eigenvalue weighted by Gasteiger charge is -2.38. The van der Waals surface area contributed by atoms with Crippen LogP contribution in [0.1, 0.15) is 18.9 Å². The van der Waals surface area contributed by atoms with Gasteiger partial charge in [-0.3, -0.25) is 4.99 Å². The fourth-order valence-electron chi connectivity index (χ4n) is 3.02. The van der Waals surface area contributed by atoms with Crippen molar-refractivity contribution in [3.8, 4) is 0 Å². The molecule has 0 bridgehead atoms. The van der Waals surface area contributed by atoms with Crippen molar-refractivity contribution in [2.45, 2.75) is 20.3 Å². The van der Waals surface area contributed by atoms with Gasteiger partial charge in [-0.2, -0.15) is 0 Å². The highest BCUT2D eigenvalue weighted by Crippen LogP contribution is 2.25. The van der Waals surface area contributed by atoms with E-state index >= 15 is 0 Å². The molecule has 1 aromatic rings. The number of anilines is 1. The van der Waals surface area contributed by atoms with Gasteiger partial charge in [-0.25, -0.2) is 8.42 Å². The fraction of sp³-hybridized carbons (Fsp3) is 0.611. The Morgan fingerprint density at radius 3 is 2.58 bits per heavy atom. The Morgan fingerprint density at radius 1 is 1.27 bits per heavy atom. The molecule has 0 atom stereocenters. The smallest absolute Gasteiger partial charge is 0.194 e. The lowest BCUT2D eigenvalue weighted by atomic mass is 10.1. The van der Waals surface area contributed by atoms with Gasteiger partial charge in [0.2, 0.25) is 0 Å². The molecular formula is C18H29ClN4O2S. The lowest BCUT2D eigenvalue weighted by molar-refractivity contribution is 0.372. The van der Waals surface area contributed by atoms with E-state index in [1.54, 1.807) is 0 Å². The summed E-state index contributed by atoms with van der Waals surface area (Å²) in [5, 5.41) is 4.07. The van der Waals surface area contributed by atoms with E-state index in [9.17, 15) is 8.42 Å². The zero-order valence-electron chi connectivity index (χ0n) is 15.8. The van der Waals surface area contributed by atoms with E-state index in [-0.39, 0.29) is 5.75 Å². The van der Waals surface area contributed by atoms with Gasteiger partial charge < -0.3 is 15.1 Å². The number of guanidine groups is 1. The highest BCUT2D eigenvalue weighted by Gasteiger charge is 2.21. The van der Waals surface area contributed by atoms with Crippen LogP contribution in [0.4, 0.5) is 5.69 Å². The van der Waals surface area contributed by atoms with Crippen LogP contribution in [0.3, 0.4) is 0 Å². The van der Waals surface area contributed by atoms with Gasteiger partial charge in [0.05, 0.1) is 5.75 Å². The fourth-order valence-corrected chi connectivity index (χ4v) is 3.84. The van der Waals surface area contributed by atoms with Crippen molar-refractivity contribution < 1.29 is 8.42 Å². The summed E-state index contributed by atoms with van der Waals surface area (Å²) in [6.45, 7) is 8.97. The summed E-state index contributed by atoms with van der Waals surface area (Å²) in [4.78, 5) is 9.19. The number of hydrogen-bond donors (Lipinski definition) is 1. The first-order valence-corrected chi connectivity index (χ1v) is 11.5. The summed E-state index contributed by atoms with van der Waals surface area (Å²) < 4.78 is 22.5. The van der Waals surface area contributed by atoms with E-state index in [0.717, 1.165) is 43.7 Å². The van der Waals surface area contributed by atoms with E-state index < -0.39 is 9.84 Å². The van der Waals surface area contributed by atoms with Gasteiger partial charge in [0, 0.05) is 56.2 Å². The molecule has 2 rings (SSSR count). The van der Waals surface area contributed by atoms with Gasteiger partial charge in [0.25, 0.3) is 0 Å². The average Bonchev–Trinajstić information content (AvgIpc) is 2.59. The second-order valence-electron chi connectivity index (χ2n) is 6.62. The molecule has 146 valence electrons. The Labute approximate surface area is 162 Å². The summed E-state index contributed by atoms with van der Waals surface area (Å²) in [6, 6.07) is 6.00. The van der Waals surface area contributed by atoms with Crippen molar-refractivity contribution in [2.24, 2.45) is 4.99 Å². The normalized spacial score (nSPS) is 16.1. The molecule has 1 saturated heterocycles. The van der Waals surface area contributed by atoms with E-state index in [0.29, 0.717) is 13.0 Å². The van der Waals surface area contributed by atoms with Crippen LogP contribution in [0.5, 0.6) is 0 Å². The number of hydrogen-bond acceptors (Lipinski definition) is 4. The molecule has 1 N–H and O–H groups in total. The van der Waals surface area contributed by atoms with Crippen molar-refractivity contribution in [3.63, 3.8) is 0 Å². The van der Waals surface area contributed by atoms with Crippen LogP contribution in [-0.2, 0) is 9.84 Å². The van der Waals surface area contributed by atoms with Gasteiger partial charge in [0.1, 0.15) is 9.84 Å². The Bertz CT molecular complexity index is 729. The maximum atomic E-state index is 11.2. The SMILES string of the molecule is CCNC(=NCCCS(C)(=O)=O)N1CCN(c2cc(Cl)ccc2C)CC1. The molecule has 6 nitrogen and oxygen atoms in total. The Morgan fingerprint density at radius 2 is 1.96 bits per heavy atom. The molecule has 1 aliphatic heterocycles. The molecule has 0 radical (unpaired) electrons. The second-order valence-corrected chi connectivity index (χ2v) is 9.32. The van der Waals surface area contributed by atoms with Crippen molar-refractivity contribution in [2.75, 3.05) is 56.2 Å². The van der Waals surface area contributed by atoms with Gasteiger partial charge in [0.15, 0.2) is 5.96 Å². The molecule has 1 fully saturated rings. The van der Waals surface area contributed by atoms with Gasteiger partial charge in [-0.1, -0.05) is 17.7 Å². The van der Waals surface area contributed by atoms with Crippen LogP contribution >= 0.6 is 11.6 Å². The third-order valence-corrected chi connectivity index (χ3v) is 5.63. The first kappa shape index (κ1) is 20.8. The Hall–Kier alpha value is -1.47. The molecular weight excluding hydrogens is 372 g/mol. The summed E-state index contributed by atoms with van der Waals surface area (Å²) >= 11 is 6.15. The van der Waals surface area contributed by atoms with Crippen molar-refractivity contribution >= 4 is 33.1 Å². The van der Waals surface area contributed by atoms with Crippen molar-refractivity contribution in [1.29, 1.82) is 0 Å². The number of sulfone groups is 1. The summed E-state index contributed by atoms with van der Waals surface area (Å²) in [5.74, 6) is 1.04. The molecule has 0 unspecified atom stereocenters. The molecule has 26 heavy (non-hydrogen) atoms. The predicted octanol–water partition coefficient (Wildman–Crippen LogP) is 2.17. The van der Waals surface area contributed by atoms with Crippen LogP contribution in [0.15, 0.2) is 23.2 Å². The highest BCUT2D eigenvalue weighted by molar-refractivity contribution is 7.90. The number of benzene rings is 1. The molecule has 1 aromatic carbocycles. The molecule has 0 saturated carbocycles. The van der Waals surface area contributed by atoms with E-state index in [4.69, 9.17) is 11.6 Å². The van der Waals surface area contributed by atoms with Crippen LogP contribution < -0.4 is 10.2 Å². The van der Waals surface area contributed by atoms with Gasteiger partial charge in [-0.15, -0.1) is 0 Å². The van der Waals surface area contributed by atoms with Crippen molar-refractivity contribution in [1.82, 2.24) is 10.2 Å². The van der Waals surface area contributed by atoms with Crippen LogP contribution in [0.25, 0.3) is 0 Å². The minimum Gasteiger partial charge on any atom is -0.368 e. The van der Waals surface area contributed by atoms with E-state index in [1.807, 2.05) is 19.1 Å². The Balaban J connectivity index is 1.95. The van der Waals surface area contributed by atoms with E-state index in [1.165, 1.54) is 17.5 Å². The summed E-state index contributed by atoms with van der Waals surface area (Å²) in [7, 11) is -2.93.